The molecule has 148 valence electrons. The van der Waals surface area contributed by atoms with E-state index in [0.717, 1.165) is 0 Å². The van der Waals surface area contributed by atoms with Gasteiger partial charge in [0.2, 0.25) is 0 Å². The third-order valence-electron chi connectivity index (χ3n) is 5.58. The first-order chi connectivity index (χ1) is 17.6. The number of likely N-dealkylation sites (tertiary alicyclic amines) is 1. The van der Waals surface area contributed by atoms with Gasteiger partial charge >= 0.3 is 0 Å². The van der Waals surface area contributed by atoms with Gasteiger partial charge in [0, 0.05) is 20.7 Å². The van der Waals surface area contributed by atoms with Crippen LogP contribution in [-0.4, -0.2) is 37.8 Å². The number of Topliss-reactive ketones (excluding diaryl/α,β-unsaturated/α-hetero) is 1. The molecule has 4 rings (SSSR count). The second kappa shape index (κ2) is 8.36. The molecule has 0 spiro atoms. The molecule has 0 aromatic heterocycles. The Bertz CT molecular complexity index is 1190. The fraction of sp³-hybridized carbons (Fsp3) is 0.458. The van der Waals surface area contributed by atoms with Crippen molar-refractivity contribution in [1.29, 1.82) is 0 Å². The Kier molecular flexibility index (Phi) is 3.12. The van der Waals surface area contributed by atoms with Crippen LogP contribution in [0.2, 0.25) is 0 Å². The van der Waals surface area contributed by atoms with Crippen LogP contribution in [0.25, 0.3) is 0 Å². The molecule has 0 bridgehead atoms. The number of carbonyl (C=O) groups is 1. The molecule has 28 heavy (non-hydrogen) atoms. The molecule has 0 amide bonds. The minimum atomic E-state index is -3.05. The van der Waals surface area contributed by atoms with E-state index >= 15 is 0 Å². The smallest absolute Gasteiger partial charge is 0.166 e. The van der Waals surface area contributed by atoms with Gasteiger partial charge in [0.05, 0.1) is 25.0 Å². The van der Waals surface area contributed by atoms with Crippen LogP contribution < -0.4 is 9.47 Å². The van der Waals surface area contributed by atoms with Crippen molar-refractivity contribution in [3.05, 3.63) is 59.1 Å². The van der Waals surface area contributed by atoms with Gasteiger partial charge < -0.3 is 9.47 Å². The topological polar surface area (TPSA) is 38.8 Å². The highest BCUT2D eigenvalue weighted by molar-refractivity contribution is 6.02. The molecule has 1 unspecified atom stereocenters. The van der Waals surface area contributed by atoms with E-state index in [1.54, 1.807) is 29.2 Å². The van der Waals surface area contributed by atoms with E-state index in [9.17, 15) is 4.79 Å². The van der Waals surface area contributed by atoms with Crippen LogP contribution >= 0.6 is 0 Å². The zero-order chi connectivity index (χ0) is 28.0. The summed E-state index contributed by atoms with van der Waals surface area (Å²) in [7, 11) is -6.08. The first kappa shape index (κ1) is 10.4. The van der Waals surface area contributed by atoms with Crippen molar-refractivity contribution < 1.29 is 28.0 Å². The van der Waals surface area contributed by atoms with E-state index in [1.807, 2.05) is 6.07 Å². The summed E-state index contributed by atoms with van der Waals surface area (Å²) < 4.78 is 88.2. The van der Waals surface area contributed by atoms with Crippen molar-refractivity contribution in [2.24, 2.45) is 11.8 Å². The van der Waals surface area contributed by atoms with Crippen molar-refractivity contribution in [3.8, 4) is 11.5 Å². The van der Waals surface area contributed by atoms with E-state index < -0.39 is 55.9 Å². The number of ether oxygens (including phenoxy) is 2. The summed E-state index contributed by atoms with van der Waals surface area (Å²) >= 11 is 0. The number of ketones is 1. The van der Waals surface area contributed by atoms with Crippen molar-refractivity contribution in [2.45, 2.75) is 32.2 Å². The molecule has 1 atom stereocenters. The summed E-state index contributed by atoms with van der Waals surface area (Å²) in [6, 6.07) is 7.89. The summed E-state index contributed by atoms with van der Waals surface area (Å²) in [4.78, 5) is 15.1. The van der Waals surface area contributed by atoms with Crippen molar-refractivity contribution >= 4 is 5.78 Å². The number of benzene rings is 2. The highest BCUT2D eigenvalue weighted by Crippen LogP contribution is 2.39. The lowest BCUT2D eigenvalue weighted by molar-refractivity contribution is 0.0895. The van der Waals surface area contributed by atoms with Gasteiger partial charge in [-0.05, 0) is 67.9 Å². The minimum absolute atomic E-state index is 0.106. The van der Waals surface area contributed by atoms with Crippen LogP contribution in [-0.2, 0) is 12.9 Å². The molecule has 0 saturated carbocycles. The third kappa shape index (κ3) is 3.93. The Morgan fingerprint density at radius 3 is 2.57 bits per heavy atom. The predicted molar refractivity (Wildman–Crippen MR) is 110 cm³/mol. The lowest BCUT2D eigenvalue weighted by Crippen LogP contribution is -2.34. The van der Waals surface area contributed by atoms with Gasteiger partial charge in [-0.1, -0.05) is 30.3 Å². The fourth-order valence-corrected chi connectivity index (χ4v) is 4.12. The van der Waals surface area contributed by atoms with Gasteiger partial charge in [0.25, 0.3) is 0 Å². The average molecular weight is 390 g/mol. The zero-order valence-electron chi connectivity index (χ0n) is 25.5. The fourth-order valence-electron chi connectivity index (χ4n) is 4.12. The van der Waals surface area contributed by atoms with Crippen LogP contribution in [0.5, 0.6) is 11.5 Å². The molecule has 1 aliphatic heterocycles. The maximum absolute atomic E-state index is 13.3. The second-order valence-corrected chi connectivity index (χ2v) is 7.38. The SMILES string of the molecule is [2H]c1c2c(c([2H])c(OC([2H])([2H])[2H])c1OC([2H])([2H])[2H])C(=O)C(CC1CCN(C([2H])([2H])c3ccccc3)CC1)C2. The monoisotopic (exact) mass is 389 g/mol. The van der Waals surface area contributed by atoms with Gasteiger partial charge in [-0.25, -0.2) is 0 Å². The molecule has 0 radical (unpaired) electrons. The maximum atomic E-state index is 13.3. The van der Waals surface area contributed by atoms with Crippen LogP contribution in [0.15, 0.2) is 42.4 Å². The first-order valence-electron chi connectivity index (χ1n) is 14.5. The van der Waals surface area contributed by atoms with Crippen LogP contribution in [0.3, 0.4) is 0 Å². The van der Waals surface area contributed by atoms with Crippen LogP contribution in [0.4, 0.5) is 0 Å². The van der Waals surface area contributed by atoms with Crippen LogP contribution in [0.1, 0.15) is 54.5 Å². The summed E-state index contributed by atoms with van der Waals surface area (Å²) in [6.07, 6.45) is 1.89. The number of methoxy groups -OCH3 is 2. The van der Waals surface area contributed by atoms with Gasteiger partial charge in [0.15, 0.2) is 17.3 Å². The van der Waals surface area contributed by atoms with E-state index in [4.69, 9.17) is 23.2 Å². The zero-order valence-corrected chi connectivity index (χ0v) is 15.5. The molecular formula is C24H29NO3. The van der Waals surface area contributed by atoms with Gasteiger partial charge in [-0.2, -0.15) is 0 Å². The standard InChI is InChI=1S/C24H29NO3/c1-27-22-14-19-13-20(24(26)21(19)15-23(22)28-2)12-17-8-10-25(11-9-17)16-18-6-4-3-5-7-18/h3-7,14-15,17,20H,8-13,16H2,1-2H3/i1D3,2D3,14D,15D,16D2. The Hall–Kier alpha value is -2.33. The molecule has 1 aliphatic carbocycles. The van der Waals surface area contributed by atoms with Gasteiger partial charge in [0.1, 0.15) is 0 Å². The molecule has 1 saturated heterocycles. The number of nitrogens with zero attached hydrogens (tertiary/aromatic N) is 1. The number of piperidine rings is 1. The minimum Gasteiger partial charge on any atom is -0.493 e. The van der Waals surface area contributed by atoms with E-state index in [1.165, 1.54) is 0 Å². The van der Waals surface area contributed by atoms with Gasteiger partial charge in [-0.15, -0.1) is 0 Å². The molecule has 1 heterocycles. The molecule has 2 aromatic rings. The lowest BCUT2D eigenvalue weighted by atomic mass is 9.85. The molecule has 2 aliphatic rings. The second-order valence-electron chi connectivity index (χ2n) is 7.38. The first-order valence-corrected chi connectivity index (χ1v) is 9.47. The highest BCUT2D eigenvalue weighted by atomic mass is 16.5. The Morgan fingerprint density at radius 1 is 1.14 bits per heavy atom. The average Bonchev–Trinajstić information content (AvgIpc) is 3.15. The molecular weight excluding hydrogens is 350 g/mol. The summed E-state index contributed by atoms with van der Waals surface area (Å²) in [5, 5.41) is 0. The largest absolute Gasteiger partial charge is 0.493 e. The molecule has 2 aromatic carbocycles. The third-order valence-corrected chi connectivity index (χ3v) is 5.58. The quantitative estimate of drug-likeness (QED) is 0.736. The number of hydrogen-bond donors (Lipinski definition) is 0. The van der Waals surface area contributed by atoms with E-state index in [0.29, 0.717) is 37.9 Å². The Labute approximate surface area is 181 Å². The Morgan fingerprint density at radius 2 is 1.86 bits per heavy atom. The van der Waals surface area contributed by atoms with Crippen molar-refractivity contribution in [1.82, 2.24) is 4.90 Å². The molecule has 0 N–H and O–H groups in total. The molecule has 4 nitrogen and oxygen atoms in total. The predicted octanol–water partition coefficient (Wildman–Crippen LogP) is 4.36. The van der Waals surface area contributed by atoms with E-state index in [2.05, 4.69) is 0 Å². The van der Waals surface area contributed by atoms with Crippen LogP contribution in [0, 0.1) is 11.8 Å². The summed E-state index contributed by atoms with van der Waals surface area (Å²) in [6.45, 7) is -0.619. The summed E-state index contributed by atoms with van der Waals surface area (Å²) in [5.41, 5.74) is 0.603. The number of hydrogen-bond acceptors (Lipinski definition) is 4. The molecule has 4 heteroatoms. The number of carbonyl (C=O) groups excluding carboxylic acids is 1. The lowest BCUT2D eigenvalue weighted by Gasteiger charge is -2.32. The Balaban J connectivity index is 1.52. The molecule has 1 fully saturated rings. The normalized spacial score (nSPS) is 26.9. The van der Waals surface area contributed by atoms with Crippen molar-refractivity contribution in [2.75, 3.05) is 27.2 Å². The maximum Gasteiger partial charge on any atom is 0.166 e. The highest BCUT2D eigenvalue weighted by Gasteiger charge is 2.34. The van der Waals surface area contributed by atoms with Gasteiger partial charge in [-0.3, -0.25) is 9.69 Å². The number of fused-ring (bicyclic) bond motifs is 1. The number of rotatable bonds is 6. The van der Waals surface area contributed by atoms with E-state index in [-0.39, 0.29) is 23.5 Å². The van der Waals surface area contributed by atoms with Crippen molar-refractivity contribution in [3.63, 3.8) is 0 Å². The summed E-state index contributed by atoms with van der Waals surface area (Å²) in [5.74, 6) is -2.30.